The fourth-order valence-electron chi connectivity index (χ4n) is 8.85. The second-order valence-electron chi connectivity index (χ2n) is 13.9. The van der Waals surface area contributed by atoms with Gasteiger partial charge in [-0.3, -0.25) is 0 Å². The molecule has 0 saturated heterocycles. The minimum atomic E-state index is -0.332. The Hall–Kier alpha value is -7.11. The molecule has 5 nitrogen and oxygen atoms in total. The van der Waals surface area contributed by atoms with E-state index < -0.39 is 0 Å². The standard InChI is InChI=1S/C48H29N4O/c1-3-13-30(14-4-1)45-47-46(36-19-9-12-22-41(36)53-47)50-48(49-45)52-38-21-11-7-17-34(38)43-33-25-23-29-24-27-40-44(42(29)32(33)26-28-39(43)52)35-18-8-10-20-37(35)51(40)31-15-5-2-6-16-31/h1-28,45H/q-1. The van der Waals surface area contributed by atoms with E-state index in [0.29, 0.717) is 5.96 Å². The summed E-state index contributed by atoms with van der Waals surface area (Å²) in [7, 11) is 0. The van der Waals surface area contributed by atoms with E-state index >= 15 is 0 Å². The summed E-state index contributed by atoms with van der Waals surface area (Å²) in [6.07, 6.45) is 0. The molecule has 5 heteroatoms. The maximum Gasteiger partial charge on any atom is 0.135 e. The lowest BCUT2D eigenvalue weighted by Gasteiger charge is -2.32. The Morgan fingerprint density at radius 3 is 1.85 bits per heavy atom. The second-order valence-corrected chi connectivity index (χ2v) is 13.9. The maximum atomic E-state index is 6.48. The van der Waals surface area contributed by atoms with Crippen molar-refractivity contribution in [2.45, 2.75) is 6.04 Å². The van der Waals surface area contributed by atoms with E-state index in [1.807, 2.05) is 24.3 Å². The molecule has 0 amide bonds. The SMILES string of the molecule is c1ccc(C2[N-]C(n3c4ccccc4c4c5ccc6ccc7c(c8ccccc8n7-c7ccccc7)c6c5ccc43)=Nc3c2oc2ccccc32)cc1. The van der Waals surface area contributed by atoms with Crippen LogP contribution in [0.15, 0.2) is 179 Å². The molecule has 1 unspecified atom stereocenters. The molecule has 0 spiro atoms. The summed E-state index contributed by atoms with van der Waals surface area (Å²) in [5.41, 5.74) is 8.42. The fourth-order valence-corrected chi connectivity index (χ4v) is 8.85. The Kier molecular flexibility index (Phi) is 5.77. The van der Waals surface area contributed by atoms with Crippen LogP contribution in [0.5, 0.6) is 0 Å². The summed E-state index contributed by atoms with van der Waals surface area (Å²) in [6, 6.07) is 60.0. The molecule has 0 saturated carbocycles. The topological polar surface area (TPSA) is 49.5 Å². The van der Waals surface area contributed by atoms with Gasteiger partial charge in [-0.25, -0.2) is 0 Å². The first-order valence-corrected chi connectivity index (χ1v) is 18.0. The third-order valence-electron chi connectivity index (χ3n) is 11.1. The van der Waals surface area contributed by atoms with Crippen LogP contribution in [0.3, 0.4) is 0 Å². The summed E-state index contributed by atoms with van der Waals surface area (Å²) in [4.78, 5) is 5.31. The van der Waals surface area contributed by atoms with Crippen LogP contribution in [-0.4, -0.2) is 15.1 Å². The van der Waals surface area contributed by atoms with Gasteiger partial charge in [0.25, 0.3) is 0 Å². The summed E-state index contributed by atoms with van der Waals surface area (Å²) < 4.78 is 11.1. The molecule has 0 aliphatic carbocycles. The molecule has 3 aromatic heterocycles. The zero-order valence-electron chi connectivity index (χ0n) is 28.4. The van der Waals surface area contributed by atoms with Crippen molar-refractivity contribution < 1.29 is 4.42 Å². The van der Waals surface area contributed by atoms with Crippen molar-refractivity contribution in [3.8, 4) is 5.69 Å². The van der Waals surface area contributed by atoms with Crippen LogP contribution in [-0.2, 0) is 0 Å². The molecule has 1 atom stereocenters. The van der Waals surface area contributed by atoms with Gasteiger partial charge in [0, 0.05) is 38.9 Å². The van der Waals surface area contributed by atoms with Crippen molar-refractivity contribution in [3.05, 3.63) is 186 Å². The predicted molar refractivity (Wildman–Crippen MR) is 219 cm³/mol. The summed E-state index contributed by atoms with van der Waals surface area (Å²) in [5, 5.41) is 16.2. The molecule has 8 aromatic carbocycles. The highest BCUT2D eigenvalue weighted by molar-refractivity contribution is 6.33. The number of para-hydroxylation sites is 4. The zero-order chi connectivity index (χ0) is 34.6. The van der Waals surface area contributed by atoms with Gasteiger partial charge in [0.2, 0.25) is 0 Å². The molecule has 1 aliphatic heterocycles. The van der Waals surface area contributed by atoms with E-state index in [9.17, 15) is 0 Å². The Morgan fingerprint density at radius 2 is 1.04 bits per heavy atom. The minimum Gasteiger partial charge on any atom is -0.459 e. The average molecular weight is 678 g/mol. The van der Waals surface area contributed by atoms with Crippen LogP contribution >= 0.6 is 0 Å². The van der Waals surface area contributed by atoms with E-state index in [-0.39, 0.29) is 6.04 Å². The van der Waals surface area contributed by atoms with Gasteiger partial charge in [0.05, 0.1) is 17.1 Å². The molecule has 11 aromatic rings. The monoisotopic (exact) mass is 677 g/mol. The van der Waals surface area contributed by atoms with Gasteiger partial charge in [0.1, 0.15) is 11.3 Å². The smallest absolute Gasteiger partial charge is 0.135 e. The molecule has 1 aliphatic rings. The minimum absolute atomic E-state index is 0.332. The summed E-state index contributed by atoms with van der Waals surface area (Å²) in [5.74, 6) is 1.43. The zero-order valence-corrected chi connectivity index (χ0v) is 28.4. The van der Waals surface area contributed by atoms with Gasteiger partial charge in [-0.1, -0.05) is 140 Å². The number of fused-ring (bicyclic) bond motifs is 14. The quantitative estimate of drug-likeness (QED) is 0.168. The Morgan fingerprint density at radius 1 is 0.453 bits per heavy atom. The lowest BCUT2D eigenvalue weighted by atomic mass is 9.95. The van der Waals surface area contributed by atoms with Crippen molar-refractivity contribution in [3.63, 3.8) is 0 Å². The van der Waals surface area contributed by atoms with Gasteiger partial charge < -0.3 is 23.9 Å². The van der Waals surface area contributed by atoms with Gasteiger partial charge in [-0.05, 0) is 73.9 Å². The number of nitrogens with zero attached hydrogens (tertiary/aromatic N) is 4. The first-order valence-electron chi connectivity index (χ1n) is 18.0. The van der Waals surface area contributed by atoms with Crippen molar-refractivity contribution in [1.29, 1.82) is 0 Å². The molecule has 0 radical (unpaired) electrons. The molecular formula is C48H29N4O-. The van der Waals surface area contributed by atoms with Crippen molar-refractivity contribution in [2.75, 3.05) is 0 Å². The third-order valence-corrected chi connectivity index (χ3v) is 11.1. The Labute approximate surface area is 303 Å². The van der Waals surface area contributed by atoms with Gasteiger partial charge >= 0.3 is 0 Å². The highest BCUT2D eigenvalue weighted by Crippen LogP contribution is 2.48. The van der Waals surface area contributed by atoms with E-state index in [0.717, 1.165) is 44.7 Å². The molecule has 12 rings (SSSR count). The van der Waals surface area contributed by atoms with Crippen LogP contribution in [0, 0.1) is 0 Å². The first-order chi connectivity index (χ1) is 26.3. The third kappa shape index (κ3) is 3.93. The average Bonchev–Trinajstić information content (AvgIpc) is 3.89. The first kappa shape index (κ1) is 28.6. The predicted octanol–water partition coefficient (Wildman–Crippen LogP) is 13.0. The molecule has 53 heavy (non-hydrogen) atoms. The van der Waals surface area contributed by atoms with E-state index in [4.69, 9.17) is 14.7 Å². The van der Waals surface area contributed by atoms with Gasteiger partial charge in [-0.15, -0.1) is 0 Å². The van der Waals surface area contributed by atoms with Crippen LogP contribution in [0.2, 0.25) is 0 Å². The van der Waals surface area contributed by atoms with Crippen molar-refractivity contribution in [1.82, 2.24) is 9.13 Å². The highest BCUT2D eigenvalue weighted by atomic mass is 16.3. The maximum absolute atomic E-state index is 6.48. The largest absolute Gasteiger partial charge is 0.459 e. The molecule has 0 bridgehead atoms. The molecule has 0 N–H and O–H groups in total. The summed E-state index contributed by atoms with van der Waals surface area (Å²) >= 11 is 0. The number of benzene rings is 8. The van der Waals surface area contributed by atoms with E-state index in [2.05, 4.69) is 155 Å². The second kappa shape index (κ2) is 10.7. The number of hydrogen-bond donors (Lipinski definition) is 0. The Balaban J connectivity index is 1.17. The number of aliphatic imine (C=N–C) groups is 1. The number of rotatable bonds is 2. The number of hydrogen-bond acceptors (Lipinski definition) is 2. The van der Waals surface area contributed by atoms with Crippen LogP contribution in [0.25, 0.3) is 87.1 Å². The fraction of sp³-hybridized carbons (Fsp3) is 0.0208. The van der Waals surface area contributed by atoms with E-state index in [1.54, 1.807) is 0 Å². The van der Waals surface area contributed by atoms with Gasteiger partial charge in [0.15, 0.2) is 0 Å². The number of furan rings is 1. The molecule has 4 heterocycles. The normalized spacial score (nSPS) is 14.5. The van der Waals surface area contributed by atoms with E-state index in [1.165, 1.54) is 54.1 Å². The van der Waals surface area contributed by atoms with Crippen molar-refractivity contribution >= 4 is 87.8 Å². The Bertz CT molecular complexity index is 3310. The van der Waals surface area contributed by atoms with Gasteiger partial charge in [-0.2, -0.15) is 0 Å². The lowest BCUT2D eigenvalue weighted by Crippen LogP contribution is -2.17. The lowest BCUT2D eigenvalue weighted by molar-refractivity contribution is 0.541. The molecular weight excluding hydrogens is 649 g/mol. The van der Waals surface area contributed by atoms with Crippen molar-refractivity contribution in [2.24, 2.45) is 4.99 Å². The summed E-state index contributed by atoms with van der Waals surface area (Å²) in [6.45, 7) is 0. The van der Waals surface area contributed by atoms with Crippen LogP contribution in [0.1, 0.15) is 17.4 Å². The highest BCUT2D eigenvalue weighted by Gasteiger charge is 2.26. The van der Waals surface area contributed by atoms with Crippen LogP contribution < -0.4 is 0 Å². The van der Waals surface area contributed by atoms with Crippen LogP contribution in [0.4, 0.5) is 5.69 Å². The molecule has 0 fully saturated rings. The number of aromatic nitrogens is 2. The molecule has 248 valence electrons.